The van der Waals surface area contributed by atoms with Crippen LogP contribution in [0.1, 0.15) is 24.0 Å². The van der Waals surface area contributed by atoms with E-state index in [0.717, 1.165) is 12.2 Å². The number of hydrogen-bond donors (Lipinski definition) is 1. The smallest absolute Gasteiger partial charge is 0.248 e. The van der Waals surface area contributed by atoms with Gasteiger partial charge in [-0.15, -0.1) is 0 Å². The number of rotatable bonds is 4. The Bertz CT molecular complexity index is 678. The first-order chi connectivity index (χ1) is 9.72. The van der Waals surface area contributed by atoms with E-state index >= 15 is 0 Å². The molecule has 0 aliphatic heterocycles. The van der Waals surface area contributed by atoms with Gasteiger partial charge in [-0.3, -0.25) is 4.79 Å². The van der Waals surface area contributed by atoms with Crippen LogP contribution in [0.3, 0.4) is 0 Å². The summed E-state index contributed by atoms with van der Waals surface area (Å²) in [5, 5.41) is 11.6. The maximum Gasteiger partial charge on any atom is 0.248 e. The number of carbonyl (C=O) groups excluding carboxylic acids is 1. The summed E-state index contributed by atoms with van der Waals surface area (Å²) in [4.78, 5) is 11.8. The van der Waals surface area contributed by atoms with E-state index in [-0.39, 0.29) is 5.91 Å². The number of furan rings is 1. The van der Waals surface area contributed by atoms with Gasteiger partial charge >= 0.3 is 0 Å². The molecule has 2 rings (SSSR count). The van der Waals surface area contributed by atoms with Crippen molar-refractivity contribution in [2.75, 3.05) is 5.32 Å². The number of benzene rings is 1. The van der Waals surface area contributed by atoms with E-state index in [2.05, 4.69) is 5.32 Å². The molecule has 100 valence electrons. The highest BCUT2D eigenvalue weighted by Crippen LogP contribution is 2.14. The maximum absolute atomic E-state index is 11.8. The third-order valence-corrected chi connectivity index (χ3v) is 2.74. The van der Waals surface area contributed by atoms with E-state index in [0.29, 0.717) is 17.0 Å². The fraction of sp³-hybridized carbons (Fsp3) is 0.125. The highest BCUT2D eigenvalue weighted by Gasteiger charge is 2.03. The average molecular weight is 266 g/mol. The molecular formula is C16H14N2O2. The third kappa shape index (κ3) is 3.36. The van der Waals surface area contributed by atoms with Gasteiger partial charge in [-0.05, 0) is 30.3 Å². The molecule has 0 radical (unpaired) electrons. The van der Waals surface area contributed by atoms with Gasteiger partial charge in [-0.2, -0.15) is 5.26 Å². The van der Waals surface area contributed by atoms with Gasteiger partial charge in [0.1, 0.15) is 17.6 Å². The van der Waals surface area contributed by atoms with Gasteiger partial charge in [0.2, 0.25) is 5.91 Å². The molecule has 0 saturated heterocycles. The monoisotopic (exact) mass is 266 g/mol. The first-order valence-electron chi connectivity index (χ1n) is 6.30. The van der Waals surface area contributed by atoms with Crippen LogP contribution in [0, 0.1) is 11.3 Å². The van der Waals surface area contributed by atoms with Gasteiger partial charge in [0, 0.05) is 12.5 Å². The summed E-state index contributed by atoms with van der Waals surface area (Å²) in [5.41, 5.74) is 0.929. The molecule has 0 aliphatic rings. The van der Waals surface area contributed by atoms with Gasteiger partial charge in [0.15, 0.2) is 0 Å². The molecule has 1 aromatic carbocycles. The number of anilines is 1. The van der Waals surface area contributed by atoms with E-state index in [4.69, 9.17) is 9.68 Å². The van der Waals surface area contributed by atoms with E-state index in [1.807, 2.05) is 25.1 Å². The Labute approximate surface area is 117 Å². The summed E-state index contributed by atoms with van der Waals surface area (Å²) in [6, 6.07) is 12.6. The highest BCUT2D eigenvalue weighted by atomic mass is 16.3. The van der Waals surface area contributed by atoms with Crippen molar-refractivity contribution in [2.45, 2.75) is 13.3 Å². The summed E-state index contributed by atoms with van der Waals surface area (Å²) in [5.74, 6) is 1.20. The summed E-state index contributed by atoms with van der Waals surface area (Å²) in [7, 11) is 0. The van der Waals surface area contributed by atoms with Crippen LogP contribution < -0.4 is 5.32 Å². The van der Waals surface area contributed by atoms with Crippen LogP contribution in [-0.4, -0.2) is 5.91 Å². The molecule has 0 spiro atoms. The SMILES string of the molecule is CCc1ccc(/C=C/C(=O)Nc2ccccc2C#N)o1. The fourth-order valence-electron chi connectivity index (χ4n) is 1.70. The van der Waals surface area contributed by atoms with Crippen LogP contribution in [0.5, 0.6) is 0 Å². The molecule has 0 saturated carbocycles. The molecule has 0 fully saturated rings. The molecule has 0 bridgehead atoms. The van der Waals surface area contributed by atoms with Crippen LogP contribution in [0.25, 0.3) is 6.08 Å². The minimum Gasteiger partial charge on any atom is -0.462 e. The second-order valence-corrected chi connectivity index (χ2v) is 4.14. The van der Waals surface area contributed by atoms with E-state index < -0.39 is 0 Å². The fourth-order valence-corrected chi connectivity index (χ4v) is 1.70. The zero-order chi connectivity index (χ0) is 14.4. The maximum atomic E-state index is 11.8. The molecule has 4 nitrogen and oxygen atoms in total. The van der Waals surface area contributed by atoms with Crippen LogP contribution in [0.4, 0.5) is 5.69 Å². The lowest BCUT2D eigenvalue weighted by molar-refractivity contribution is -0.111. The molecule has 4 heteroatoms. The standard InChI is InChI=1S/C16H14N2O2/c1-2-13-7-8-14(20-13)9-10-16(19)18-15-6-4-3-5-12(15)11-17/h3-10H,2H2,1H3,(H,18,19)/b10-9+. The van der Waals surface area contributed by atoms with E-state index in [1.54, 1.807) is 30.3 Å². The molecule has 1 N–H and O–H groups in total. The Balaban J connectivity index is 2.04. The predicted molar refractivity (Wildman–Crippen MR) is 76.9 cm³/mol. The minimum absolute atomic E-state index is 0.304. The molecule has 2 aromatic rings. The molecule has 0 aliphatic carbocycles. The number of nitrogens with zero attached hydrogens (tertiary/aromatic N) is 1. The van der Waals surface area contributed by atoms with Crippen LogP contribution >= 0.6 is 0 Å². The Morgan fingerprint density at radius 3 is 2.85 bits per heavy atom. The van der Waals surface area contributed by atoms with Crippen molar-refractivity contribution in [2.24, 2.45) is 0 Å². The molecule has 0 unspecified atom stereocenters. The number of nitrogens with one attached hydrogen (secondary N) is 1. The number of nitriles is 1. The summed E-state index contributed by atoms with van der Waals surface area (Å²) >= 11 is 0. The molecule has 1 aromatic heterocycles. The average Bonchev–Trinajstić information content (AvgIpc) is 2.94. The van der Waals surface area contributed by atoms with Crippen LogP contribution in [0.15, 0.2) is 46.9 Å². The number of hydrogen-bond acceptors (Lipinski definition) is 3. The number of carbonyl (C=O) groups is 1. The predicted octanol–water partition coefficient (Wildman–Crippen LogP) is 3.37. The van der Waals surface area contributed by atoms with Gasteiger partial charge in [0.25, 0.3) is 0 Å². The van der Waals surface area contributed by atoms with Crippen molar-refractivity contribution < 1.29 is 9.21 Å². The quantitative estimate of drug-likeness (QED) is 0.863. The third-order valence-electron chi connectivity index (χ3n) is 2.74. The van der Waals surface area contributed by atoms with E-state index in [9.17, 15) is 4.79 Å². The summed E-state index contributed by atoms with van der Waals surface area (Å²) in [6.45, 7) is 2.00. The topological polar surface area (TPSA) is 66.0 Å². The lowest BCUT2D eigenvalue weighted by Gasteiger charge is -2.03. The molecular weight excluding hydrogens is 252 g/mol. The summed E-state index contributed by atoms with van der Waals surface area (Å²) in [6.07, 6.45) is 3.80. The van der Waals surface area contributed by atoms with Crippen molar-refractivity contribution in [3.8, 4) is 6.07 Å². The first-order valence-corrected chi connectivity index (χ1v) is 6.30. The Morgan fingerprint density at radius 2 is 2.15 bits per heavy atom. The van der Waals surface area contributed by atoms with Crippen molar-refractivity contribution in [3.05, 3.63) is 59.6 Å². The second-order valence-electron chi connectivity index (χ2n) is 4.14. The van der Waals surface area contributed by atoms with E-state index in [1.165, 1.54) is 6.08 Å². The number of para-hydroxylation sites is 1. The number of amides is 1. The largest absolute Gasteiger partial charge is 0.462 e. The van der Waals surface area contributed by atoms with Crippen molar-refractivity contribution >= 4 is 17.7 Å². The highest BCUT2D eigenvalue weighted by molar-refractivity contribution is 6.02. The van der Waals surface area contributed by atoms with Crippen LogP contribution in [-0.2, 0) is 11.2 Å². The molecule has 1 amide bonds. The Kier molecular flexibility index (Phi) is 4.35. The number of aryl methyl sites for hydroxylation is 1. The minimum atomic E-state index is -0.304. The van der Waals surface area contributed by atoms with Crippen molar-refractivity contribution in [1.29, 1.82) is 5.26 Å². The van der Waals surface area contributed by atoms with Crippen molar-refractivity contribution in [3.63, 3.8) is 0 Å². The Hall–Kier alpha value is -2.80. The molecule has 20 heavy (non-hydrogen) atoms. The first kappa shape index (κ1) is 13.6. The zero-order valence-electron chi connectivity index (χ0n) is 11.1. The lowest BCUT2D eigenvalue weighted by Crippen LogP contribution is -2.08. The van der Waals surface area contributed by atoms with Crippen LogP contribution in [0.2, 0.25) is 0 Å². The molecule has 0 atom stereocenters. The molecule has 1 heterocycles. The second kappa shape index (κ2) is 6.39. The zero-order valence-corrected chi connectivity index (χ0v) is 11.1. The van der Waals surface area contributed by atoms with Crippen molar-refractivity contribution in [1.82, 2.24) is 0 Å². The van der Waals surface area contributed by atoms with Gasteiger partial charge in [-0.1, -0.05) is 19.1 Å². The van der Waals surface area contributed by atoms with Gasteiger partial charge in [0.05, 0.1) is 11.3 Å². The summed E-state index contributed by atoms with van der Waals surface area (Å²) < 4.78 is 5.46. The van der Waals surface area contributed by atoms with Gasteiger partial charge in [-0.25, -0.2) is 0 Å². The lowest BCUT2D eigenvalue weighted by atomic mass is 10.2. The normalized spacial score (nSPS) is 10.4. The van der Waals surface area contributed by atoms with Gasteiger partial charge < -0.3 is 9.73 Å². The Morgan fingerprint density at radius 1 is 1.35 bits per heavy atom.